The van der Waals surface area contributed by atoms with Crippen molar-refractivity contribution in [3.05, 3.63) is 121 Å². The van der Waals surface area contributed by atoms with Gasteiger partial charge in [0, 0.05) is 10.4 Å². The first-order valence-corrected chi connectivity index (χ1v) is 13.0. The predicted octanol–water partition coefficient (Wildman–Crippen LogP) is 6.42. The number of aromatic nitrogens is 8. The van der Waals surface area contributed by atoms with Crippen molar-refractivity contribution in [2.24, 2.45) is 10.2 Å². The van der Waals surface area contributed by atoms with Gasteiger partial charge in [-0.1, -0.05) is 82.2 Å². The van der Waals surface area contributed by atoms with Gasteiger partial charge < -0.3 is 34.5 Å². The Bertz CT molecular complexity index is 1690. The van der Waals surface area contributed by atoms with Crippen LogP contribution in [0, 0.1) is 0 Å². The highest BCUT2D eigenvalue weighted by Crippen LogP contribution is 2.14. The molecular weight excluding hydrogens is 628 g/mol. The lowest BCUT2D eigenvalue weighted by atomic mass is 10.3. The van der Waals surface area contributed by atoms with E-state index < -0.39 is 14.5 Å². The van der Waals surface area contributed by atoms with Gasteiger partial charge in [-0.15, -0.1) is 0 Å². The smallest absolute Gasteiger partial charge is 0.418 e. The van der Waals surface area contributed by atoms with E-state index in [4.69, 9.17) is 0 Å². The molecule has 2 aromatic heterocycles. The highest BCUT2D eigenvalue weighted by Gasteiger charge is 2.27. The van der Waals surface area contributed by atoms with Crippen molar-refractivity contribution in [2.45, 2.75) is 0 Å². The minimum absolute atomic E-state index is 0.291. The molecule has 0 saturated heterocycles. The summed E-state index contributed by atoms with van der Waals surface area (Å²) >= 11 is 0. The number of benzene rings is 4. The first kappa shape index (κ1) is 33.1. The molecule has 4 aromatic carbocycles. The summed E-state index contributed by atoms with van der Waals surface area (Å²) in [7, 11) is -12.0. The third-order valence-electron chi connectivity index (χ3n) is 5.30. The van der Waals surface area contributed by atoms with Crippen LogP contribution in [-0.2, 0) is 0 Å². The Morgan fingerprint density at radius 1 is 0.435 bits per heavy atom. The zero-order valence-corrected chi connectivity index (χ0v) is 23.2. The topological polar surface area (TPSA) is 93.9 Å². The number of hydrogen-bond acceptors (Lipinski definition) is 6. The van der Waals surface area contributed by atoms with Gasteiger partial charge in [-0.25, -0.2) is 0 Å². The monoisotopic (exact) mass is 648 g/mol. The molecule has 0 aliphatic rings. The minimum Gasteiger partial charge on any atom is -0.418 e. The summed E-state index contributed by atoms with van der Waals surface area (Å²) in [4.78, 5) is 3.04. The predicted molar refractivity (Wildman–Crippen MR) is 150 cm³/mol. The summed E-state index contributed by atoms with van der Waals surface area (Å²) in [6.07, 6.45) is 0. The van der Waals surface area contributed by atoms with E-state index in [2.05, 4.69) is 30.9 Å². The van der Waals surface area contributed by atoms with Gasteiger partial charge in [-0.05, 0) is 58.1 Å². The van der Waals surface area contributed by atoms with Gasteiger partial charge in [0.2, 0.25) is 0 Å². The third-order valence-corrected chi connectivity index (χ3v) is 5.30. The van der Waals surface area contributed by atoms with Crippen molar-refractivity contribution in [1.29, 1.82) is 0 Å². The molecule has 0 aliphatic carbocycles. The summed E-state index contributed by atoms with van der Waals surface area (Å²) in [5.41, 5.74) is 3.21. The molecule has 236 valence electrons. The second-order valence-electron chi connectivity index (χ2n) is 8.71. The molecule has 20 heteroatoms. The Balaban J connectivity index is 0.000000421. The van der Waals surface area contributed by atoms with Gasteiger partial charge in [0.15, 0.2) is 0 Å². The van der Waals surface area contributed by atoms with Gasteiger partial charge >= 0.3 is 26.4 Å². The van der Waals surface area contributed by atoms with E-state index in [1.807, 2.05) is 121 Å². The first-order chi connectivity index (χ1) is 21.8. The Labute approximate surface area is 255 Å². The molecule has 0 unspecified atom stereocenters. The second kappa shape index (κ2) is 14.8. The number of tetrazole rings is 2. The third kappa shape index (κ3) is 10.4. The van der Waals surface area contributed by atoms with E-state index in [1.165, 1.54) is 9.59 Å². The molecule has 10 nitrogen and oxygen atoms in total. The first-order valence-electron chi connectivity index (χ1n) is 13.0. The molecule has 6 aromatic rings. The molecule has 0 atom stereocenters. The maximum Gasteiger partial charge on any atom is 0.673 e. The maximum atomic E-state index is 9.75. The zero-order valence-electron chi connectivity index (χ0n) is 23.2. The van der Waals surface area contributed by atoms with Crippen LogP contribution < -0.4 is 9.36 Å². The lowest BCUT2D eigenvalue weighted by molar-refractivity contribution is -0.651. The van der Waals surface area contributed by atoms with Gasteiger partial charge in [0.1, 0.15) is 22.7 Å². The highest BCUT2D eigenvalue weighted by molar-refractivity contribution is 6.50. The molecule has 2 heterocycles. The zero-order chi connectivity index (χ0) is 33.2. The van der Waals surface area contributed by atoms with Crippen LogP contribution in [0.5, 0.6) is 0 Å². The van der Waals surface area contributed by atoms with Crippen LogP contribution in [0.25, 0.3) is 22.7 Å². The van der Waals surface area contributed by atoms with Crippen LogP contribution in [0.15, 0.2) is 132 Å². The van der Waals surface area contributed by atoms with Crippen molar-refractivity contribution in [3.8, 4) is 22.7 Å². The maximum absolute atomic E-state index is 9.75. The van der Waals surface area contributed by atoms with Crippen LogP contribution >= 0.6 is 0 Å². The van der Waals surface area contributed by atoms with E-state index >= 15 is 0 Å². The van der Waals surface area contributed by atoms with E-state index in [0.717, 1.165) is 22.7 Å². The second-order valence-corrected chi connectivity index (χ2v) is 8.71. The fourth-order valence-corrected chi connectivity index (χ4v) is 3.57. The number of para-hydroxylation sites is 4. The van der Waals surface area contributed by atoms with Crippen molar-refractivity contribution in [3.63, 3.8) is 0 Å². The number of nitrogens with zero attached hydrogens (tertiary/aromatic N) is 10. The van der Waals surface area contributed by atoms with Gasteiger partial charge in [0.05, 0.1) is 20.4 Å². The fourth-order valence-electron chi connectivity index (χ4n) is 3.57. The van der Waals surface area contributed by atoms with Crippen molar-refractivity contribution >= 4 is 26.4 Å². The molecule has 46 heavy (non-hydrogen) atoms. The van der Waals surface area contributed by atoms with Crippen LogP contribution in [0.1, 0.15) is 0 Å². The SMILES string of the molecule is F[B-](F)(F)F.F[B-](F)(F)F.c1ccc(-n2nc(/[15N]=[15N]/c3nn(-c4ccccc4)n[n+]3-c3ccccc3)[n+](-c3ccccc3)n2)cc1. The summed E-state index contributed by atoms with van der Waals surface area (Å²) in [6, 6.07) is 38.6. The number of halogens is 8. The van der Waals surface area contributed by atoms with E-state index in [9.17, 15) is 34.5 Å². The van der Waals surface area contributed by atoms with Crippen molar-refractivity contribution in [2.75, 3.05) is 0 Å². The van der Waals surface area contributed by atoms with E-state index in [0.29, 0.717) is 11.9 Å². The molecule has 0 bridgehead atoms. The minimum atomic E-state index is -6.00. The summed E-state index contributed by atoms with van der Waals surface area (Å²) in [5.74, 6) is 0.581. The van der Waals surface area contributed by atoms with Gasteiger partial charge in [-0.2, -0.15) is 0 Å². The largest absolute Gasteiger partial charge is 0.673 e. The number of hydrogen-bond donors (Lipinski definition) is 0. The molecule has 0 radical (unpaired) electrons. The number of rotatable bonds is 6. The average molecular weight is 648 g/mol. The highest BCUT2D eigenvalue weighted by atomic mass is 19.5. The Morgan fingerprint density at radius 2 is 0.696 bits per heavy atom. The quantitative estimate of drug-likeness (QED) is 0.0686. The van der Waals surface area contributed by atoms with Crippen LogP contribution in [-0.4, -0.2) is 44.7 Å². The van der Waals surface area contributed by atoms with Crippen molar-refractivity contribution < 1.29 is 43.9 Å². The molecule has 0 aliphatic heterocycles. The van der Waals surface area contributed by atoms with E-state index in [1.54, 1.807) is 9.36 Å². The van der Waals surface area contributed by atoms with Gasteiger partial charge in [-0.3, -0.25) is 0 Å². The van der Waals surface area contributed by atoms with Crippen LogP contribution in [0.4, 0.5) is 46.4 Å². The molecule has 0 amide bonds. The summed E-state index contributed by atoms with van der Waals surface area (Å²) < 4.78 is 81.3. The van der Waals surface area contributed by atoms with E-state index in [-0.39, 0.29) is 0 Å². The molecular formula is C26H20B2F8N10. The molecule has 0 fully saturated rings. The Hall–Kier alpha value is -5.81. The average Bonchev–Trinajstić information content (AvgIpc) is 3.65. The number of azo groups is 1. The molecule has 0 spiro atoms. The van der Waals surface area contributed by atoms with Crippen molar-refractivity contribution in [1.82, 2.24) is 30.2 Å². The Kier molecular flexibility index (Phi) is 10.6. The standard InChI is InChI=1S/C26H20N10.2BF4/c1-5-13-21(14-6-1)33-25(29-35(31-33)23-17-9-3-10-18-23)27-28-26-30-36(24-19-11-4-12-20-24)32-34(26)22-15-7-2-8-16-22;2*2-1(3,4)5/h1-20H;;/q+2;2*-1/b28-27+;;/i27+1,28+1;;. The summed E-state index contributed by atoms with van der Waals surface area (Å²) in [6.45, 7) is 0. The molecule has 6 rings (SSSR count). The molecule has 0 N–H and O–H groups in total. The molecule has 0 saturated carbocycles. The summed E-state index contributed by atoms with van der Waals surface area (Å²) in [5, 5.41) is 27.3. The van der Waals surface area contributed by atoms with Gasteiger partial charge in [0.25, 0.3) is 0 Å². The Morgan fingerprint density at radius 3 is 0.978 bits per heavy atom. The lowest BCUT2D eigenvalue weighted by Crippen LogP contribution is -2.34. The fraction of sp³-hybridized carbons (Fsp3) is 0. The van der Waals surface area contributed by atoms with Crippen LogP contribution in [0.3, 0.4) is 0 Å². The van der Waals surface area contributed by atoms with Crippen LogP contribution in [0.2, 0.25) is 0 Å². The normalized spacial score (nSPS) is 11.4. The lowest BCUT2D eigenvalue weighted by Gasteiger charge is -1.94.